The molecule has 0 spiro atoms. The van der Waals surface area contributed by atoms with Gasteiger partial charge in [0.2, 0.25) is 0 Å². The molecule has 0 saturated heterocycles. The van der Waals surface area contributed by atoms with Crippen LogP contribution in [-0.4, -0.2) is 11.2 Å². The maximum atomic E-state index is 4.26. The maximum Gasteiger partial charge on any atom is 0.0677 e. The fourth-order valence-electron chi connectivity index (χ4n) is 1.25. The average molecular weight is 158 g/mol. The summed E-state index contributed by atoms with van der Waals surface area (Å²) in [5, 5.41) is 0. The van der Waals surface area contributed by atoms with Crippen LogP contribution < -0.4 is 0 Å². The summed E-state index contributed by atoms with van der Waals surface area (Å²) in [5.74, 6) is 0. The van der Waals surface area contributed by atoms with Crippen LogP contribution in [0.2, 0.25) is 0 Å². The Bertz CT molecular complexity index is 312. The van der Waals surface area contributed by atoms with E-state index >= 15 is 0 Å². The molecule has 1 aliphatic rings. The van der Waals surface area contributed by atoms with Crippen LogP contribution in [0.4, 0.5) is 0 Å². The third-order valence-electron chi connectivity index (χ3n) is 1.87. The second-order valence-electron chi connectivity index (χ2n) is 2.74. The summed E-state index contributed by atoms with van der Waals surface area (Å²) < 4.78 is 0. The Morgan fingerprint density at radius 1 is 1.25 bits per heavy atom. The van der Waals surface area contributed by atoms with E-state index in [2.05, 4.69) is 9.98 Å². The van der Waals surface area contributed by atoms with Crippen molar-refractivity contribution in [3.63, 3.8) is 0 Å². The zero-order valence-corrected chi connectivity index (χ0v) is 6.77. The van der Waals surface area contributed by atoms with Gasteiger partial charge in [-0.05, 0) is 30.5 Å². The van der Waals surface area contributed by atoms with E-state index in [0.29, 0.717) is 0 Å². The first-order valence-corrected chi connectivity index (χ1v) is 4.09. The van der Waals surface area contributed by atoms with Gasteiger partial charge in [0.15, 0.2) is 0 Å². The van der Waals surface area contributed by atoms with Gasteiger partial charge in [0.05, 0.1) is 5.69 Å². The zero-order chi connectivity index (χ0) is 8.23. The molecule has 0 aliphatic carbocycles. The number of allylic oxidation sites excluding steroid dienone is 1. The monoisotopic (exact) mass is 158 g/mol. The Balaban J connectivity index is 2.31. The highest BCUT2D eigenvalue weighted by molar-refractivity contribution is 5.72. The largest absolute Gasteiger partial charge is 0.269 e. The summed E-state index contributed by atoms with van der Waals surface area (Å²) in [6.07, 6.45) is 7.73. The van der Waals surface area contributed by atoms with Crippen molar-refractivity contribution in [2.75, 3.05) is 0 Å². The molecule has 0 fully saturated rings. The van der Waals surface area contributed by atoms with Crippen LogP contribution in [0.1, 0.15) is 18.5 Å². The molecule has 1 aliphatic heterocycles. The number of hydrogen-bond acceptors (Lipinski definition) is 2. The predicted octanol–water partition coefficient (Wildman–Crippen LogP) is 2.29. The van der Waals surface area contributed by atoms with Crippen molar-refractivity contribution >= 4 is 11.8 Å². The second kappa shape index (κ2) is 3.30. The van der Waals surface area contributed by atoms with Crippen LogP contribution in [0.25, 0.3) is 5.57 Å². The topological polar surface area (TPSA) is 25.2 Å². The van der Waals surface area contributed by atoms with Crippen LogP contribution in [0.15, 0.2) is 35.6 Å². The summed E-state index contributed by atoms with van der Waals surface area (Å²) >= 11 is 0. The minimum atomic E-state index is 1.03. The lowest BCUT2D eigenvalue weighted by Gasteiger charge is -2.06. The molecule has 60 valence electrons. The van der Waals surface area contributed by atoms with Gasteiger partial charge in [-0.3, -0.25) is 9.98 Å². The summed E-state index contributed by atoms with van der Waals surface area (Å²) in [4.78, 5) is 8.37. The molecule has 0 bridgehead atoms. The van der Waals surface area contributed by atoms with Gasteiger partial charge in [-0.15, -0.1) is 0 Å². The van der Waals surface area contributed by atoms with Crippen molar-refractivity contribution in [2.24, 2.45) is 4.99 Å². The molecule has 0 aromatic carbocycles. The molecule has 2 heterocycles. The molecule has 0 amide bonds. The molecule has 2 rings (SSSR count). The van der Waals surface area contributed by atoms with E-state index in [0.717, 1.165) is 18.5 Å². The van der Waals surface area contributed by atoms with Crippen molar-refractivity contribution < 1.29 is 0 Å². The van der Waals surface area contributed by atoms with Crippen LogP contribution >= 0.6 is 0 Å². The Hall–Kier alpha value is -1.44. The van der Waals surface area contributed by atoms with Gasteiger partial charge in [0.1, 0.15) is 0 Å². The molecule has 12 heavy (non-hydrogen) atoms. The van der Waals surface area contributed by atoms with Gasteiger partial charge >= 0.3 is 0 Å². The number of aromatic nitrogens is 1. The third-order valence-corrected chi connectivity index (χ3v) is 1.87. The van der Waals surface area contributed by atoms with Gasteiger partial charge in [0, 0.05) is 18.6 Å². The van der Waals surface area contributed by atoms with Crippen molar-refractivity contribution in [2.45, 2.75) is 12.8 Å². The van der Waals surface area contributed by atoms with Gasteiger partial charge < -0.3 is 0 Å². The highest BCUT2D eigenvalue weighted by Crippen LogP contribution is 2.19. The Morgan fingerprint density at radius 3 is 2.92 bits per heavy atom. The summed E-state index contributed by atoms with van der Waals surface area (Å²) in [7, 11) is 0. The van der Waals surface area contributed by atoms with E-state index in [1.54, 1.807) is 0 Å². The quantitative estimate of drug-likeness (QED) is 0.615. The molecule has 0 saturated carbocycles. The number of aliphatic imine (C=N–C) groups is 1. The third kappa shape index (κ3) is 1.42. The van der Waals surface area contributed by atoms with E-state index in [1.807, 2.05) is 36.8 Å². The van der Waals surface area contributed by atoms with Crippen LogP contribution in [0, 0.1) is 0 Å². The minimum absolute atomic E-state index is 1.03. The van der Waals surface area contributed by atoms with Gasteiger partial charge in [-0.25, -0.2) is 0 Å². The molecule has 0 N–H and O–H groups in total. The highest BCUT2D eigenvalue weighted by Gasteiger charge is 2.03. The first-order valence-electron chi connectivity index (χ1n) is 4.09. The fourth-order valence-corrected chi connectivity index (χ4v) is 1.25. The molecule has 1 aromatic rings. The summed E-state index contributed by atoms with van der Waals surface area (Å²) in [5.41, 5.74) is 2.28. The summed E-state index contributed by atoms with van der Waals surface area (Å²) in [6, 6.07) is 5.95. The lowest BCUT2D eigenvalue weighted by molar-refractivity contribution is 1.08. The SMILES string of the molecule is C1=NC=C(c2ccccn2)CC1. The molecule has 2 heteroatoms. The van der Waals surface area contributed by atoms with Gasteiger partial charge in [-0.2, -0.15) is 0 Å². The molecule has 0 unspecified atom stereocenters. The van der Waals surface area contributed by atoms with E-state index in [9.17, 15) is 0 Å². The van der Waals surface area contributed by atoms with E-state index in [1.165, 1.54) is 5.57 Å². The number of rotatable bonds is 1. The number of nitrogens with zero attached hydrogens (tertiary/aromatic N) is 2. The lowest BCUT2D eigenvalue weighted by Crippen LogP contribution is -1.92. The van der Waals surface area contributed by atoms with Crippen molar-refractivity contribution in [3.05, 3.63) is 36.3 Å². The van der Waals surface area contributed by atoms with Crippen LogP contribution in [0.5, 0.6) is 0 Å². The van der Waals surface area contributed by atoms with E-state index in [-0.39, 0.29) is 0 Å². The standard InChI is InChI=1S/C10H10N2/c1-2-7-12-10(5-1)9-4-3-6-11-8-9/h1-2,5-8H,3-4H2. The first-order chi connectivity index (χ1) is 5.97. The fraction of sp³-hybridized carbons (Fsp3) is 0.200. The molecular weight excluding hydrogens is 148 g/mol. The number of hydrogen-bond donors (Lipinski definition) is 0. The summed E-state index contributed by atoms with van der Waals surface area (Å²) in [6.45, 7) is 0. The Labute approximate surface area is 71.7 Å². The van der Waals surface area contributed by atoms with Crippen LogP contribution in [0.3, 0.4) is 0 Å². The average Bonchev–Trinajstić information content (AvgIpc) is 2.21. The Kier molecular flexibility index (Phi) is 1.99. The molecule has 0 atom stereocenters. The first kappa shape index (κ1) is 7.22. The normalized spacial score (nSPS) is 15.8. The molecule has 0 radical (unpaired) electrons. The molecule has 2 nitrogen and oxygen atoms in total. The number of pyridine rings is 1. The highest BCUT2D eigenvalue weighted by atomic mass is 14.7. The Morgan fingerprint density at radius 2 is 2.25 bits per heavy atom. The molecular formula is C10H10N2. The smallest absolute Gasteiger partial charge is 0.0677 e. The maximum absolute atomic E-state index is 4.26. The van der Waals surface area contributed by atoms with Crippen molar-refractivity contribution in [3.8, 4) is 0 Å². The van der Waals surface area contributed by atoms with E-state index in [4.69, 9.17) is 0 Å². The van der Waals surface area contributed by atoms with Crippen molar-refractivity contribution in [1.82, 2.24) is 4.98 Å². The molecule has 1 aromatic heterocycles. The van der Waals surface area contributed by atoms with Crippen LogP contribution in [-0.2, 0) is 0 Å². The zero-order valence-electron chi connectivity index (χ0n) is 6.77. The second-order valence-corrected chi connectivity index (χ2v) is 2.74. The van der Waals surface area contributed by atoms with E-state index < -0.39 is 0 Å². The minimum Gasteiger partial charge on any atom is -0.269 e. The van der Waals surface area contributed by atoms with Gasteiger partial charge in [0.25, 0.3) is 0 Å². The lowest BCUT2D eigenvalue weighted by atomic mass is 10.1. The van der Waals surface area contributed by atoms with Crippen molar-refractivity contribution in [1.29, 1.82) is 0 Å². The predicted molar refractivity (Wildman–Crippen MR) is 49.9 cm³/mol. The van der Waals surface area contributed by atoms with Gasteiger partial charge in [-0.1, -0.05) is 6.07 Å².